The van der Waals surface area contributed by atoms with Crippen molar-refractivity contribution in [3.63, 3.8) is 0 Å². The van der Waals surface area contributed by atoms with Gasteiger partial charge in [0.05, 0.1) is 13.2 Å². The minimum Gasteiger partial charge on any atom is -0.492 e. The molecule has 0 spiro atoms. The smallest absolute Gasteiger partial charge is 0.119 e. The normalized spacial score (nSPS) is 10.8. The van der Waals surface area contributed by atoms with Crippen molar-refractivity contribution in [2.24, 2.45) is 0 Å². The minimum absolute atomic E-state index is 0.660. The van der Waals surface area contributed by atoms with Gasteiger partial charge >= 0.3 is 0 Å². The Bertz CT molecular complexity index is 525. The van der Waals surface area contributed by atoms with Crippen LogP contribution in [0, 0.1) is 0 Å². The van der Waals surface area contributed by atoms with E-state index in [9.17, 15) is 0 Å². The van der Waals surface area contributed by atoms with E-state index in [-0.39, 0.29) is 0 Å². The number of nitrogens with one attached hydrogen (secondary N) is 1. The first-order chi connectivity index (χ1) is 10.3. The summed E-state index contributed by atoms with van der Waals surface area (Å²) in [5.41, 5.74) is 1.27. The first kappa shape index (κ1) is 16.1. The summed E-state index contributed by atoms with van der Waals surface area (Å²) >= 11 is 3.41. The third kappa shape index (κ3) is 5.91. The Labute approximate surface area is 134 Å². The van der Waals surface area contributed by atoms with Crippen molar-refractivity contribution in [2.75, 3.05) is 26.9 Å². The molecule has 1 aromatic heterocycles. The van der Waals surface area contributed by atoms with Gasteiger partial charge in [-0.2, -0.15) is 0 Å². The average Bonchev–Trinajstić information content (AvgIpc) is 2.94. The van der Waals surface area contributed by atoms with Gasteiger partial charge in [0.1, 0.15) is 12.4 Å². The fraction of sp³-hybridized carbons (Fsp3) is 0.375. The number of rotatable bonds is 9. The van der Waals surface area contributed by atoms with Crippen molar-refractivity contribution < 1.29 is 9.47 Å². The van der Waals surface area contributed by atoms with E-state index in [2.05, 4.69) is 44.3 Å². The Morgan fingerprint density at radius 3 is 2.71 bits per heavy atom. The molecule has 0 radical (unpaired) electrons. The second-order valence-corrected chi connectivity index (χ2v) is 5.65. The van der Waals surface area contributed by atoms with Crippen molar-refractivity contribution >= 4 is 15.9 Å². The average molecular weight is 353 g/mol. The lowest BCUT2D eigenvalue weighted by molar-refractivity contribution is 0.199. The molecule has 1 heterocycles. The number of ether oxygens (including phenoxy) is 2. The maximum absolute atomic E-state index is 5.71. The van der Waals surface area contributed by atoms with E-state index in [0.717, 1.165) is 36.5 Å². The maximum atomic E-state index is 5.71. The van der Waals surface area contributed by atoms with Crippen molar-refractivity contribution in [3.8, 4) is 5.75 Å². The molecule has 0 saturated carbocycles. The lowest BCUT2D eigenvalue weighted by Crippen LogP contribution is -2.18. The predicted octanol–water partition coefficient (Wildman–Crippen LogP) is 3.07. The van der Waals surface area contributed by atoms with Gasteiger partial charge in [-0.3, -0.25) is 0 Å². The number of aromatic nitrogens is 1. The number of nitrogens with zero attached hydrogens (tertiary/aromatic N) is 1. The lowest BCUT2D eigenvalue weighted by atomic mass is 10.3. The largest absolute Gasteiger partial charge is 0.492 e. The van der Waals surface area contributed by atoms with Gasteiger partial charge in [-0.1, -0.05) is 15.9 Å². The standard InChI is InChI=1S/C16H21BrN2O2/c1-20-10-7-18-12-14-6-8-19(13-14)9-11-21-16-4-2-15(17)3-5-16/h2-6,8,13,18H,7,9-12H2,1H3. The van der Waals surface area contributed by atoms with E-state index < -0.39 is 0 Å². The zero-order chi connectivity index (χ0) is 14.9. The van der Waals surface area contributed by atoms with E-state index in [4.69, 9.17) is 9.47 Å². The van der Waals surface area contributed by atoms with Gasteiger partial charge in [-0.15, -0.1) is 0 Å². The molecule has 0 aliphatic carbocycles. The molecule has 2 aromatic rings. The molecule has 0 unspecified atom stereocenters. The van der Waals surface area contributed by atoms with Gasteiger partial charge in [0.15, 0.2) is 0 Å². The van der Waals surface area contributed by atoms with Gasteiger partial charge in [0, 0.05) is 37.1 Å². The molecule has 5 heteroatoms. The van der Waals surface area contributed by atoms with Crippen LogP contribution in [0.15, 0.2) is 47.2 Å². The Morgan fingerprint density at radius 2 is 1.95 bits per heavy atom. The predicted molar refractivity (Wildman–Crippen MR) is 87.7 cm³/mol. The Morgan fingerprint density at radius 1 is 1.14 bits per heavy atom. The van der Waals surface area contributed by atoms with Gasteiger partial charge in [-0.25, -0.2) is 0 Å². The van der Waals surface area contributed by atoms with E-state index in [1.165, 1.54) is 5.56 Å². The molecular formula is C16H21BrN2O2. The monoisotopic (exact) mass is 352 g/mol. The van der Waals surface area contributed by atoms with Crippen molar-refractivity contribution in [1.29, 1.82) is 0 Å². The summed E-state index contributed by atoms with van der Waals surface area (Å²) in [6.45, 7) is 3.97. The van der Waals surface area contributed by atoms with Crippen LogP contribution < -0.4 is 10.1 Å². The molecule has 1 aromatic carbocycles. The Hall–Kier alpha value is -1.30. The van der Waals surface area contributed by atoms with Crippen molar-refractivity contribution in [2.45, 2.75) is 13.1 Å². The number of benzene rings is 1. The van der Waals surface area contributed by atoms with Crippen LogP contribution in [0.5, 0.6) is 5.75 Å². The van der Waals surface area contributed by atoms with Gasteiger partial charge in [0.2, 0.25) is 0 Å². The maximum Gasteiger partial charge on any atom is 0.119 e. The highest BCUT2D eigenvalue weighted by Crippen LogP contribution is 2.16. The number of hydrogen-bond donors (Lipinski definition) is 1. The molecule has 0 aliphatic heterocycles. The summed E-state index contributed by atoms with van der Waals surface area (Å²) in [4.78, 5) is 0. The summed E-state index contributed by atoms with van der Waals surface area (Å²) in [5.74, 6) is 0.895. The molecule has 0 bridgehead atoms. The summed E-state index contributed by atoms with van der Waals surface area (Å²) in [6, 6.07) is 10.0. The Balaban J connectivity index is 1.69. The fourth-order valence-electron chi connectivity index (χ4n) is 1.94. The van der Waals surface area contributed by atoms with Crippen LogP contribution >= 0.6 is 15.9 Å². The van der Waals surface area contributed by atoms with Crippen LogP contribution in [0.1, 0.15) is 5.56 Å². The molecule has 0 fully saturated rings. The van der Waals surface area contributed by atoms with E-state index >= 15 is 0 Å². The van der Waals surface area contributed by atoms with Gasteiger partial charge in [0.25, 0.3) is 0 Å². The number of methoxy groups -OCH3 is 1. The van der Waals surface area contributed by atoms with Crippen LogP contribution in [0.2, 0.25) is 0 Å². The molecule has 0 aliphatic rings. The lowest BCUT2D eigenvalue weighted by Gasteiger charge is -2.07. The van der Waals surface area contributed by atoms with Gasteiger partial charge < -0.3 is 19.4 Å². The molecule has 114 valence electrons. The van der Waals surface area contributed by atoms with Crippen LogP contribution in [0.4, 0.5) is 0 Å². The molecule has 21 heavy (non-hydrogen) atoms. The van der Waals surface area contributed by atoms with Crippen molar-refractivity contribution in [1.82, 2.24) is 9.88 Å². The van der Waals surface area contributed by atoms with Crippen molar-refractivity contribution in [3.05, 3.63) is 52.8 Å². The van der Waals surface area contributed by atoms with Crippen LogP contribution in [-0.2, 0) is 17.8 Å². The van der Waals surface area contributed by atoms with E-state index in [1.54, 1.807) is 7.11 Å². The fourth-order valence-corrected chi connectivity index (χ4v) is 2.21. The van der Waals surface area contributed by atoms with E-state index in [0.29, 0.717) is 6.61 Å². The highest BCUT2D eigenvalue weighted by Gasteiger charge is 1.98. The summed E-state index contributed by atoms with van der Waals surface area (Å²) < 4.78 is 13.9. The highest BCUT2D eigenvalue weighted by molar-refractivity contribution is 9.10. The number of halogens is 1. The zero-order valence-corrected chi connectivity index (χ0v) is 13.8. The van der Waals surface area contributed by atoms with Crippen LogP contribution in [-0.4, -0.2) is 31.4 Å². The quantitative estimate of drug-likeness (QED) is 0.704. The summed E-state index contributed by atoms with van der Waals surface area (Å²) in [6.07, 6.45) is 4.23. The van der Waals surface area contributed by atoms with Crippen LogP contribution in [0.3, 0.4) is 0 Å². The molecular weight excluding hydrogens is 332 g/mol. The topological polar surface area (TPSA) is 35.4 Å². The third-order valence-corrected chi connectivity index (χ3v) is 3.58. The molecule has 4 nitrogen and oxygen atoms in total. The van der Waals surface area contributed by atoms with Gasteiger partial charge in [-0.05, 0) is 35.9 Å². The molecule has 0 saturated heterocycles. The number of hydrogen-bond acceptors (Lipinski definition) is 3. The first-order valence-electron chi connectivity index (χ1n) is 7.00. The third-order valence-electron chi connectivity index (χ3n) is 3.06. The molecule has 1 N–H and O–H groups in total. The van der Waals surface area contributed by atoms with Crippen LogP contribution in [0.25, 0.3) is 0 Å². The molecule has 2 rings (SSSR count). The van der Waals surface area contributed by atoms with E-state index in [1.807, 2.05) is 24.3 Å². The second kappa shape index (κ2) is 8.87. The minimum atomic E-state index is 0.660. The summed E-state index contributed by atoms with van der Waals surface area (Å²) in [7, 11) is 1.71. The highest BCUT2D eigenvalue weighted by atomic mass is 79.9. The Kier molecular flexibility index (Phi) is 6.79. The SMILES string of the molecule is COCCNCc1ccn(CCOc2ccc(Br)cc2)c1. The molecule has 0 atom stereocenters. The second-order valence-electron chi connectivity index (χ2n) is 4.73. The zero-order valence-electron chi connectivity index (χ0n) is 12.2. The summed E-state index contributed by atoms with van der Waals surface area (Å²) in [5, 5.41) is 3.33. The first-order valence-corrected chi connectivity index (χ1v) is 7.80. The molecule has 0 amide bonds.